The Balaban J connectivity index is 2.02. The van der Waals surface area contributed by atoms with Gasteiger partial charge in [0.25, 0.3) is 0 Å². The zero-order chi connectivity index (χ0) is 11.4. The first-order chi connectivity index (χ1) is 7.74. The third-order valence-corrected chi connectivity index (χ3v) is 2.33. The fourth-order valence-corrected chi connectivity index (χ4v) is 1.55. The topological polar surface area (TPSA) is 37.8 Å². The van der Waals surface area contributed by atoms with Crippen molar-refractivity contribution in [1.82, 2.24) is 9.97 Å². The monoisotopic (exact) mass is 213 g/mol. The summed E-state index contributed by atoms with van der Waals surface area (Å²) in [4.78, 5) is 8.41. The molecule has 0 saturated carbocycles. The van der Waals surface area contributed by atoms with E-state index >= 15 is 0 Å². The molecule has 82 valence electrons. The zero-order valence-corrected chi connectivity index (χ0v) is 9.57. The molecule has 2 rings (SSSR count). The van der Waals surface area contributed by atoms with Gasteiger partial charge in [0, 0.05) is 11.9 Å². The van der Waals surface area contributed by atoms with E-state index in [0.29, 0.717) is 0 Å². The van der Waals surface area contributed by atoms with Crippen LogP contribution in [-0.4, -0.2) is 9.97 Å². The molecule has 1 heterocycles. The van der Waals surface area contributed by atoms with E-state index in [4.69, 9.17) is 0 Å². The minimum absolute atomic E-state index is 0.729. The zero-order valence-electron chi connectivity index (χ0n) is 9.57. The molecule has 0 aliphatic rings. The molecule has 2 aromatic rings. The van der Waals surface area contributed by atoms with Crippen molar-refractivity contribution in [2.75, 3.05) is 5.32 Å². The van der Waals surface area contributed by atoms with Gasteiger partial charge in [-0.2, -0.15) is 0 Å². The molecule has 0 aliphatic heterocycles. The largest absolute Gasteiger partial charge is 0.379 e. The molecular weight excluding hydrogens is 198 g/mol. The van der Waals surface area contributed by atoms with Crippen molar-refractivity contribution in [2.45, 2.75) is 20.4 Å². The summed E-state index contributed by atoms with van der Waals surface area (Å²) >= 11 is 0. The highest BCUT2D eigenvalue weighted by molar-refractivity contribution is 5.45. The summed E-state index contributed by atoms with van der Waals surface area (Å²) in [5.74, 6) is 0.809. The van der Waals surface area contributed by atoms with Crippen LogP contribution in [0.25, 0.3) is 0 Å². The van der Waals surface area contributed by atoms with Crippen LogP contribution in [0.1, 0.15) is 17.1 Å². The number of nitrogens with one attached hydrogen (secondary N) is 1. The van der Waals surface area contributed by atoms with Crippen LogP contribution in [0, 0.1) is 13.8 Å². The van der Waals surface area contributed by atoms with Crippen LogP contribution < -0.4 is 5.32 Å². The fraction of sp³-hybridized carbons (Fsp3) is 0.231. The molecule has 0 saturated heterocycles. The van der Waals surface area contributed by atoms with E-state index in [-0.39, 0.29) is 0 Å². The lowest BCUT2D eigenvalue weighted by Gasteiger charge is -2.06. The van der Waals surface area contributed by atoms with Crippen molar-refractivity contribution in [3.8, 4) is 0 Å². The minimum Gasteiger partial charge on any atom is -0.379 e. The molecule has 0 unspecified atom stereocenters. The minimum atomic E-state index is 0.729. The van der Waals surface area contributed by atoms with E-state index in [2.05, 4.69) is 40.4 Å². The molecular formula is C13H15N3. The maximum Gasteiger partial charge on any atom is 0.125 e. The maximum absolute atomic E-state index is 4.34. The standard InChI is InChI=1S/C13H15N3/c1-10-4-3-5-12(8-10)15-9-13-6-7-14-11(2)16-13/h3-8,15H,9H2,1-2H3. The second kappa shape index (κ2) is 4.75. The Morgan fingerprint density at radius 3 is 2.81 bits per heavy atom. The molecule has 0 bridgehead atoms. The molecule has 1 aromatic heterocycles. The van der Waals surface area contributed by atoms with Crippen LogP contribution in [0.5, 0.6) is 0 Å². The van der Waals surface area contributed by atoms with E-state index in [9.17, 15) is 0 Å². The van der Waals surface area contributed by atoms with Gasteiger partial charge in [0.1, 0.15) is 5.82 Å². The van der Waals surface area contributed by atoms with Gasteiger partial charge in [-0.25, -0.2) is 9.97 Å². The highest BCUT2D eigenvalue weighted by Gasteiger charge is 1.96. The summed E-state index contributed by atoms with van der Waals surface area (Å²) in [5, 5.41) is 3.34. The summed E-state index contributed by atoms with van der Waals surface area (Å²) in [5.41, 5.74) is 3.38. The lowest BCUT2D eigenvalue weighted by atomic mass is 10.2. The SMILES string of the molecule is Cc1cccc(NCc2ccnc(C)n2)c1. The predicted octanol–water partition coefficient (Wildman–Crippen LogP) is 2.71. The Hall–Kier alpha value is -1.90. The Kier molecular flexibility index (Phi) is 3.15. The van der Waals surface area contributed by atoms with Crippen molar-refractivity contribution in [3.63, 3.8) is 0 Å². The van der Waals surface area contributed by atoms with Crippen molar-refractivity contribution >= 4 is 5.69 Å². The van der Waals surface area contributed by atoms with Gasteiger partial charge in [-0.3, -0.25) is 0 Å². The molecule has 0 aliphatic carbocycles. The Bertz CT molecular complexity index is 435. The lowest BCUT2D eigenvalue weighted by molar-refractivity contribution is 0.955. The van der Waals surface area contributed by atoms with Gasteiger partial charge in [0.05, 0.1) is 12.2 Å². The third kappa shape index (κ3) is 2.79. The number of nitrogens with zero attached hydrogens (tertiary/aromatic N) is 2. The average Bonchev–Trinajstić information content (AvgIpc) is 2.27. The van der Waals surface area contributed by atoms with Gasteiger partial charge in [-0.15, -0.1) is 0 Å². The Labute approximate surface area is 95.6 Å². The van der Waals surface area contributed by atoms with Crippen LogP contribution >= 0.6 is 0 Å². The van der Waals surface area contributed by atoms with E-state index in [1.165, 1.54) is 5.56 Å². The first-order valence-electron chi connectivity index (χ1n) is 5.33. The molecule has 1 aromatic carbocycles. The average molecular weight is 213 g/mol. The molecule has 0 atom stereocenters. The van der Waals surface area contributed by atoms with Gasteiger partial charge >= 0.3 is 0 Å². The summed E-state index contributed by atoms with van der Waals surface area (Å²) < 4.78 is 0. The maximum atomic E-state index is 4.34. The molecule has 1 N–H and O–H groups in total. The van der Waals surface area contributed by atoms with E-state index in [1.807, 2.05) is 19.1 Å². The Morgan fingerprint density at radius 1 is 1.19 bits per heavy atom. The molecule has 0 radical (unpaired) electrons. The van der Waals surface area contributed by atoms with Crippen LogP contribution in [0.4, 0.5) is 5.69 Å². The van der Waals surface area contributed by atoms with Crippen LogP contribution in [0.3, 0.4) is 0 Å². The molecule has 0 spiro atoms. The van der Waals surface area contributed by atoms with Crippen LogP contribution in [0.2, 0.25) is 0 Å². The van der Waals surface area contributed by atoms with E-state index in [1.54, 1.807) is 6.20 Å². The summed E-state index contributed by atoms with van der Waals surface area (Å²) in [6.07, 6.45) is 1.79. The number of benzene rings is 1. The van der Waals surface area contributed by atoms with E-state index in [0.717, 1.165) is 23.8 Å². The normalized spacial score (nSPS) is 10.1. The smallest absolute Gasteiger partial charge is 0.125 e. The highest BCUT2D eigenvalue weighted by atomic mass is 14.9. The predicted molar refractivity (Wildman–Crippen MR) is 65.3 cm³/mol. The number of rotatable bonds is 3. The van der Waals surface area contributed by atoms with Crippen molar-refractivity contribution < 1.29 is 0 Å². The van der Waals surface area contributed by atoms with Crippen LogP contribution in [0.15, 0.2) is 36.5 Å². The van der Waals surface area contributed by atoms with Gasteiger partial charge in [0.15, 0.2) is 0 Å². The number of anilines is 1. The summed E-state index contributed by atoms with van der Waals surface area (Å²) in [7, 11) is 0. The third-order valence-electron chi connectivity index (χ3n) is 2.33. The number of hydrogen-bond acceptors (Lipinski definition) is 3. The second-order valence-electron chi connectivity index (χ2n) is 3.82. The number of aromatic nitrogens is 2. The van der Waals surface area contributed by atoms with Gasteiger partial charge in [-0.1, -0.05) is 12.1 Å². The van der Waals surface area contributed by atoms with Crippen molar-refractivity contribution in [2.24, 2.45) is 0 Å². The first kappa shape index (κ1) is 10.6. The van der Waals surface area contributed by atoms with Gasteiger partial charge < -0.3 is 5.32 Å². The molecule has 3 nitrogen and oxygen atoms in total. The quantitative estimate of drug-likeness (QED) is 0.851. The summed E-state index contributed by atoms with van der Waals surface area (Å²) in [6, 6.07) is 10.2. The van der Waals surface area contributed by atoms with Crippen LogP contribution in [-0.2, 0) is 6.54 Å². The molecule has 0 fully saturated rings. The van der Waals surface area contributed by atoms with Gasteiger partial charge in [0.2, 0.25) is 0 Å². The van der Waals surface area contributed by atoms with Crippen molar-refractivity contribution in [3.05, 3.63) is 53.6 Å². The molecule has 3 heteroatoms. The molecule has 16 heavy (non-hydrogen) atoms. The van der Waals surface area contributed by atoms with E-state index < -0.39 is 0 Å². The van der Waals surface area contributed by atoms with Crippen molar-refractivity contribution in [1.29, 1.82) is 0 Å². The number of aryl methyl sites for hydroxylation is 2. The number of hydrogen-bond donors (Lipinski definition) is 1. The fourth-order valence-electron chi connectivity index (χ4n) is 1.55. The highest BCUT2D eigenvalue weighted by Crippen LogP contribution is 2.10. The molecule has 0 amide bonds. The van der Waals surface area contributed by atoms with Gasteiger partial charge in [-0.05, 0) is 37.6 Å². The first-order valence-corrected chi connectivity index (χ1v) is 5.33. The summed E-state index contributed by atoms with van der Waals surface area (Å²) in [6.45, 7) is 4.71. The second-order valence-corrected chi connectivity index (χ2v) is 3.82. The lowest BCUT2D eigenvalue weighted by Crippen LogP contribution is -2.03. The Morgan fingerprint density at radius 2 is 2.06 bits per heavy atom.